The summed E-state index contributed by atoms with van der Waals surface area (Å²) in [7, 11) is 0. The normalized spacial score (nSPS) is 12.1. The van der Waals surface area contributed by atoms with Gasteiger partial charge in [-0.2, -0.15) is 0 Å². The molecule has 15 heavy (non-hydrogen) atoms. The third kappa shape index (κ3) is 3.55. The van der Waals surface area contributed by atoms with Gasteiger partial charge in [0.2, 0.25) is 6.86 Å². The van der Waals surface area contributed by atoms with Gasteiger partial charge in [-0.15, -0.1) is 0 Å². The number of carboxylic acids is 1. The van der Waals surface area contributed by atoms with Gasteiger partial charge in [-0.3, -0.25) is 4.79 Å². The van der Waals surface area contributed by atoms with Crippen molar-refractivity contribution in [2.75, 3.05) is 6.86 Å². The molecule has 4 nitrogen and oxygen atoms in total. The van der Waals surface area contributed by atoms with E-state index in [4.69, 9.17) is 10.8 Å². The first kappa shape index (κ1) is 11.5. The van der Waals surface area contributed by atoms with Crippen LogP contribution in [0.5, 0.6) is 5.75 Å². The van der Waals surface area contributed by atoms with E-state index in [0.717, 1.165) is 0 Å². The van der Waals surface area contributed by atoms with Crippen molar-refractivity contribution < 1.29 is 19.0 Å². The average Bonchev–Trinajstić information content (AvgIpc) is 2.18. The number of halogens is 1. The van der Waals surface area contributed by atoms with Crippen LogP contribution in [-0.4, -0.2) is 24.0 Å². The van der Waals surface area contributed by atoms with E-state index in [2.05, 4.69) is 4.74 Å². The standard InChI is InChI=1S/C10H12FNO3/c11-6-15-8-3-1-2-7(4-8)5-9(12)10(13)14/h1-4,9H,5-6,12H2,(H,13,14). The van der Waals surface area contributed by atoms with Crippen molar-refractivity contribution in [2.45, 2.75) is 12.5 Å². The fourth-order valence-electron chi connectivity index (χ4n) is 1.17. The first-order chi connectivity index (χ1) is 7.13. The number of carboxylic acid groups (broad SMARTS) is 1. The van der Waals surface area contributed by atoms with E-state index in [-0.39, 0.29) is 6.42 Å². The van der Waals surface area contributed by atoms with E-state index in [0.29, 0.717) is 11.3 Å². The van der Waals surface area contributed by atoms with Crippen molar-refractivity contribution in [1.29, 1.82) is 0 Å². The van der Waals surface area contributed by atoms with E-state index in [1.54, 1.807) is 24.3 Å². The molecule has 3 N–H and O–H groups in total. The van der Waals surface area contributed by atoms with Crippen LogP contribution >= 0.6 is 0 Å². The summed E-state index contributed by atoms with van der Waals surface area (Å²) in [6.07, 6.45) is 0.193. The maximum atomic E-state index is 11.9. The zero-order chi connectivity index (χ0) is 11.3. The van der Waals surface area contributed by atoms with E-state index in [1.807, 2.05) is 0 Å². The molecular formula is C10H12FNO3. The van der Waals surface area contributed by atoms with Gasteiger partial charge >= 0.3 is 5.97 Å². The summed E-state index contributed by atoms with van der Waals surface area (Å²) in [6, 6.07) is 5.59. The first-order valence-electron chi connectivity index (χ1n) is 4.39. The molecule has 0 saturated carbocycles. The van der Waals surface area contributed by atoms with E-state index in [1.165, 1.54) is 0 Å². The number of alkyl halides is 1. The Morgan fingerprint density at radius 3 is 2.93 bits per heavy atom. The minimum absolute atomic E-state index is 0.193. The topological polar surface area (TPSA) is 72.5 Å². The monoisotopic (exact) mass is 213 g/mol. The molecule has 0 spiro atoms. The van der Waals surface area contributed by atoms with Crippen LogP contribution in [0.15, 0.2) is 24.3 Å². The van der Waals surface area contributed by atoms with Gasteiger partial charge in [-0.25, -0.2) is 4.39 Å². The zero-order valence-corrected chi connectivity index (χ0v) is 8.02. The lowest BCUT2D eigenvalue weighted by Crippen LogP contribution is -2.32. The number of hydrogen-bond acceptors (Lipinski definition) is 3. The molecule has 1 atom stereocenters. The predicted molar refractivity (Wildman–Crippen MR) is 52.4 cm³/mol. The Morgan fingerprint density at radius 2 is 2.33 bits per heavy atom. The van der Waals surface area contributed by atoms with Crippen molar-refractivity contribution >= 4 is 5.97 Å². The maximum Gasteiger partial charge on any atom is 0.320 e. The van der Waals surface area contributed by atoms with Gasteiger partial charge in [0, 0.05) is 0 Å². The minimum atomic E-state index is -1.06. The highest BCUT2D eigenvalue weighted by Crippen LogP contribution is 2.14. The number of ether oxygens (including phenoxy) is 1. The van der Waals surface area contributed by atoms with Gasteiger partial charge in [-0.05, 0) is 24.1 Å². The molecule has 0 aliphatic heterocycles. The zero-order valence-electron chi connectivity index (χ0n) is 8.02. The smallest absolute Gasteiger partial charge is 0.320 e. The van der Waals surface area contributed by atoms with Crippen LogP contribution in [0, 0.1) is 0 Å². The second-order valence-corrected chi connectivity index (χ2v) is 3.05. The maximum absolute atomic E-state index is 11.9. The lowest BCUT2D eigenvalue weighted by atomic mass is 10.1. The number of nitrogens with two attached hydrogens (primary N) is 1. The predicted octanol–water partition coefficient (Wildman–Crippen LogP) is 0.947. The Bertz CT molecular complexity index is 343. The molecule has 0 aliphatic rings. The number of aliphatic carboxylic acids is 1. The Hall–Kier alpha value is -1.62. The number of benzene rings is 1. The molecule has 0 radical (unpaired) electrons. The number of hydrogen-bond donors (Lipinski definition) is 2. The lowest BCUT2D eigenvalue weighted by Gasteiger charge is -2.07. The van der Waals surface area contributed by atoms with Gasteiger partial charge in [0.1, 0.15) is 11.8 Å². The third-order valence-corrected chi connectivity index (χ3v) is 1.89. The van der Waals surface area contributed by atoms with Crippen LogP contribution < -0.4 is 10.5 Å². The molecule has 0 heterocycles. The molecule has 0 aliphatic carbocycles. The molecule has 82 valence electrons. The summed E-state index contributed by atoms with van der Waals surface area (Å²) in [6.45, 7) is -0.908. The number of rotatable bonds is 5. The summed E-state index contributed by atoms with van der Waals surface area (Å²) >= 11 is 0. The summed E-state index contributed by atoms with van der Waals surface area (Å²) in [5.41, 5.74) is 6.06. The van der Waals surface area contributed by atoms with Crippen LogP contribution in [0.4, 0.5) is 4.39 Å². The second kappa shape index (κ2) is 5.31. The molecule has 1 aromatic carbocycles. The molecule has 0 amide bonds. The highest BCUT2D eigenvalue weighted by molar-refractivity contribution is 5.73. The van der Waals surface area contributed by atoms with E-state index in [9.17, 15) is 9.18 Å². The molecule has 1 rings (SSSR count). The van der Waals surface area contributed by atoms with E-state index >= 15 is 0 Å². The average molecular weight is 213 g/mol. The highest BCUT2D eigenvalue weighted by atomic mass is 19.1. The van der Waals surface area contributed by atoms with Crippen molar-refractivity contribution in [2.24, 2.45) is 5.73 Å². The SMILES string of the molecule is NC(Cc1cccc(OCF)c1)C(=O)O. The van der Waals surface area contributed by atoms with Gasteiger partial charge in [0.25, 0.3) is 0 Å². The molecule has 0 bridgehead atoms. The van der Waals surface area contributed by atoms with Crippen LogP contribution in [0.1, 0.15) is 5.56 Å². The van der Waals surface area contributed by atoms with Crippen LogP contribution in [0.25, 0.3) is 0 Å². The molecule has 5 heteroatoms. The quantitative estimate of drug-likeness (QED) is 0.763. The third-order valence-electron chi connectivity index (χ3n) is 1.89. The van der Waals surface area contributed by atoms with Gasteiger partial charge in [-0.1, -0.05) is 12.1 Å². The van der Waals surface area contributed by atoms with Gasteiger partial charge < -0.3 is 15.6 Å². The fraction of sp³-hybridized carbons (Fsp3) is 0.300. The second-order valence-electron chi connectivity index (χ2n) is 3.05. The summed E-state index contributed by atoms with van der Waals surface area (Å²) in [5, 5.41) is 8.60. The van der Waals surface area contributed by atoms with Gasteiger partial charge in [0.05, 0.1) is 0 Å². The van der Waals surface area contributed by atoms with Crippen LogP contribution in [0.2, 0.25) is 0 Å². The Labute approximate surface area is 86.5 Å². The minimum Gasteiger partial charge on any atom is -0.480 e. The molecule has 0 fully saturated rings. The molecule has 0 saturated heterocycles. The molecule has 1 aromatic rings. The number of carbonyl (C=O) groups is 1. The van der Waals surface area contributed by atoms with E-state index < -0.39 is 18.9 Å². The van der Waals surface area contributed by atoms with Crippen molar-refractivity contribution in [1.82, 2.24) is 0 Å². The summed E-state index contributed by atoms with van der Waals surface area (Å²) < 4.78 is 16.5. The fourth-order valence-corrected chi connectivity index (χ4v) is 1.17. The largest absolute Gasteiger partial charge is 0.480 e. The van der Waals surface area contributed by atoms with Crippen molar-refractivity contribution in [3.8, 4) is 5.75 Å². The van der Waals surface area contributed by atoms with Crippen molar-refractivity contribution in [3.05, 3.63) is 29.8 Å². The van der Waals surface area contributed by atoms with Crippen LogP contribution in [0.3, 0.4) is 0 Å². The molecular weight excluding hydrogens is 201 g/mol. The summed E-state index contributed by atoms with van der Waals surface area (Å²) in [5.74, 6) is -0.695. The van der Waals surface area contributed by atoms with Crippen molar-refractivity contribution in [3.63, 3.8) is 0 Å². The Balaban J connectivity index is 2.68. The lowest BCUT2D eigenvalue weighted by molar-refractivity contribution is -0.138. The first-order valence-corrected chi connectivity index (χ1v) is 4.39. The van der Waals surface area contributed by atoms with Crippen LogP contribution in [-0.2, 0) is 11.2 Å². The summed E-state index contributed by atoms with van der Waals surface area (Å²) in [4.78, 5) is 10.5. The van der Waals surface area contributed by atoms with Gasteiger partial charge in [0.15, 0.2) is 0 Å². The highest BCUT2D eigenvalue weighted by Gasteiger charge is 2.12. The molecule has 1 unspecified atom stereocenters. The molecule has 0 aromatic heterocycles. The Morgan fingerprint density at radius 1 is 1.60 bits per heavy atom. The Kier molecular flexibility index (Phi) is 4.05.